The van der Waals surface area contributed by atoms with Gasteiger partial charge in [-0.15, -0.1) is 11.3 Å². The van der Waals surface area contributed by atoms with Crippen LogP contribution < -0.4 is 0 Å². The van der Waals surface area contributed by atoms with E-state index in [1.165, 1.54) is 26.2 Å². The summed E-state index contributed by atoms with van der Waals surface area (Å²) in [5, 5.41) is 8.92. The molecule has 0 aliphatic carbocycles. The molecule has 13 rings (SSSR count). The third-order valence-electron chi connectivity index (χ3n) is 11.5. The molecule has 270 valence electrons. The number of fused-ring (bicyclic) bond motifs is 12. The second-order valence-electron chi connectivity index (χ2n) is 14.7. The van der Waals surface area contributed by atoms with Crippen molar-refractivity contribution in [1.29, 1.82) is 0 Å². The van der Waals surface area contributed by atoms with Crippen molar-refractivity contribution in [2.45, 2.75) is 0 Å². The predicted molar refractivity (Wildman–Crippen MR) is 238 cm³/mol. The van der Waals surface area contributed by atoms with Crippen LogP contribution in [0.2, 0.25) is 0 Å². The Morgan fingerprint density at radius 1 is 0.397 bits per heavy atom. The number of rotatable bonds is 4. The summed E-state index contributed by atoms with van der Waals surface area (Å²) < 4.78 is 17.6. The van der Waals surface area contributed by atoms with Crippen LogP contribution in [0.25, 0.3) is 126 Å². The van der Waals surface area contributed by atoms with Crippen LogP contribution in [0.5, 0.6) is 0 Å². The number of benzene rings is 8. The Kier molecular flexibility index (Phi) is 6.50. The SMILES string of the molecule is c1ccc2c(c1)oc1cc(-c3nc(-c4cccc5c4sc4ccccc45)nc(-c4cccc5oc6ccc(-n7c8ccccc8c8ccccc87)cc6c45)n3)ccc12. The maximum Gasteiger partial charge on any atom is 0.165 e. The number of furan rings is 2. The lowest BCUT2D eigenvalue weighted by Crippen LogP contribution is -2.00. The van der Waals surface area contributed by atoms with Gasteiger partial charge in [-0.1, -0.05) is 103 Å². The van der Waals surface area contributed by atoms with Crippen molar-refractivity contribution in [3.05, 3.63) is 170 Å². The second-order valence-corrected chi connectivity index (χ2v) is 15.8. The van der Waals surface area contributed by atoms with Gasteiger partial charge in [0.15, 0.2) is 17.5 Å². The Morgan fingerprint density at radius 2 is 1.00 bits per heavy atom. The molecule has 7 heteroatoms. The molecule has 0 saturated heterocycles. The molecule has 0 amide bonds. The zero-order chi connectivity index (χ0) is 37.9. The number of para-hydroxylation sites is 3. The molecule has 0 radical (unpaired) electrons. The molecular weight excluding hydrogens is 733 g/mol. The molecule has 13 aromatic rings. The van der Waals surface area contributed by atoms with E-state index >= 15 is 0 Å². The summed E-state index contributed by atoms with van der Waals surface area (Å²) in [4.78, 5) is 15.8. The van der Waals surface area contributed by atoms with Crippen LogP contribution in [-0.4, -0.2) is 19.5 Å². The van der Waals surface area contributed by atoms with Crippen molar-refractivity contribution in [2.75, 3.05) is 0 Å². The number of aromatic nitrogens is 4. The normalized spacial score (nSPS) is 12.1. The molecule has 0 N–H and O–H groups in total. The summed E-state index contributed by atoms with van der Waals surface area (Å²) >= 11 is 1.77. The van der Waals surface area contributed by atoms with E-state index in [0.717, 1.165) is 82.0 Å². The third-order valence-corrected chi connectivity index (χ3v) is 12.7. The van der Waals surface area contributed by atoms with Crippen molar-refractivity contribution in [3.8, 4) is 39.9 Å². The number of hydrogen-bond acceptors (Lipinski definition) is 6. The van der Waals surface area contributed by atoms with Gasteiger partial charge < -0.3 is 13.4 Å². The second kappa shape index (κ2) is 11.9. The zero-order valence-electron chi connectivity index (χ0n) is 30.7. The van der Waals surface area contributed by atoms with Gasteiger partial charge >= 0.3 is 0 Å². The van der Waals surface area contributed by atoms with Crippen molar-refractivity contribution in [1.82, 2.24) is 19.5 Å². The third kappa shape index (κ3) is 4.56. The molecule has 5 heterocycles. The number of nitrogens with zero attached hydrogens (tertiary/aromatic N) is 4. The number of hydrogen-bond donors (Lipinski definition) is 0. The highest BCUT2D eigenvalue weighted by Gasteiger charge is 2.21. The van der Waals surface area contributed by atoms with Crippen LogP contribution in [0.15, 0.2) is 179 Å². The Labute approximate surface area is 333 Å². The summed E-state index contributed by atoms with van der Waals surface area (Å²) in [7, 11) is 0. The van der Waals surface area contributed by atoms with Gasteiger partial charge in [-0.05, 0) is 66.7 Å². The molecular formula is C51H28N4O2S. The molecule has 0 bridgehead atoms. The van der Waals surface area contributed by atoms with Crippen LogP contribution in [0.3, 0.4) is 0 Å². The smallest absolute Gasteiger partial charge is 0.165 e. The Morgan fingerprint density at radius 3 is 1.84 bits per heavy atom. The highest BCUT2D eigenvalue weighted by Crippen LogP contribution is 2.42. The first-order chi connectivity index (χ1) is 28.7. The van der Waals surface area contributed by atoms with E-state index < -0.39 is 0 Å². The maximum absolute atomic E-state index is 6.57. The molecule has 8 aromatic carbocycles. The average molecular weight is 761 g/mol. The average Bonchev–Trinajstić information content (AvgIpc) is 4.04. The highest BCUT2D eigenvalue weighted by atomic mass is 32.1. The first-order valence-corrected chi connectivity index (χ1v) is 20.1. The predicted octanol–water partition coefficient (Wildman–Crippen LogP) is 14.1. The lowest BCUT2D eigenvalue weighted by molar-refractivity contribution is 0.668. The molecule has 0 saturated carbocycles. The molecule has 6 nitrogen and oxygen atoms in total. The Bertz CT molecular complexity index is 3780. The van der Waals surface area contributed by atoms with Gasteiger partial charge in [0.1, 0.15) is 22.3 Å². The summed E-state index contributed by atoms with van der Waals surface area (Å²) in [6.45, 7) is 0. The standard InChI is InChI=1S/C51H28N4O2S/c1-5-18-40-31(11-1)32-12-2-6-19-41(32)55(40)30-24-26-43-39(28-30)47-37(16-10-21-44(47)56-43)50-52-49(29-23-25-34-33-13-3-7-20-42(33)57-45(34)27-29)53-51(54-50)38-17-9-15-36-35-14-4-8-22-46(35)58-48(36)38/h1-28H. The molecule has 0 spiro atoms. The van der Waals surface area contributed by atoms with E-state index in [2.05, 4.69) is 138 Å². The van der Waals surface area contributed by atoms with Gasteiger partial charge in [0, 0.05) is 74.9 Å². The fourth-order valence-electron chi connectivity index (χ4n) is 8.88. The first-order valence-electron chi connectivity index (χ1n) is 19.3. The minimum Gasteiger partial charge on any atom is -0.456 e. The number of thiophene rings is 1. The highest BCUT2D eigenvalue weighted by molar-refractivity contribution is 7.26. The molecule has 0 fully saturated rings. The van der Waals surface area contributed by atoms with Crippen LogP contribution in [0, 0.1) is 0 Å². The van der Waals surface area contributed by atoms with E-state index in [1.54, 1.807) is 11.3 Å². The van der Waals surface area contributed by atoms with E-state index in [1.807, 2.05) is 36.4 Å². The van der Waals surface area contributed by atoms with E-state index in [0.29, 0.717) is 17.5 Å². The van der Waals surface area contributed by atoms with E-state index in [4.69, 9.17) is 23.8 Å². The van der Waals surface area contributed by atoms with Gasteiger partial charge in [-0.25, -0.2) is 15.0 Å². The van der Waals surface area contributed by atoms with Gasteiger partial charge in [0.25, 0.3) is 0 Å². The lowest BCUT2D eigenvalue weighted by Gasteiger charge is -2.10. The van der Waals surface area contributed by atoms with Crippen molar-refractivity contribution in [2.24, 2.45) is 0 Å². The van der Waals surface area contributed by atoms with Crippen molar-refractivity contribution < 1.29 is 8.83 Å². The van der Waals surface area contributed by atoms with E-state index in [-0.39, 0.29) is 0 Å². The summed E-state index contributed by atoms with van der Waals surface area (Å²) in [5.74, 6) is 1.74. The van der Waals surface area contributed by atoms with Crippen LogP contribution >= 0.6 is 11.3 Å². The van der Waals surface area contributed by atoms with Gasteiger partial charge in [0.05, 0.1) is 11.0 Å². The van der Waals surface area contributed by atoms with Crippen molar-refractivity contribution in [3.63, 3.8) is 0 Å². The van der Waals surface area contributed by atoms with Crippen LogP contribution in [0.1, 0.15) is 0 Å². The molecule has 0 atom stereocenters. The van der Waals surface area contributed by atoms with E-state index in [9.17, 15) is 0 Å². The zero-order valence-corrected chi connectivity index (χ0v) is 31.5. The van der Waals surface area contributed by atoms with Gasteiger partial charge in [-0.2, -0.15) is 0 Å². The molecule has 0 aliphatic heterocycles. The largest absolute Gasteiger partial charge is 0.456 e. The quantitative estimate of drug-likeness (QED) is 0.179. The summed E-state index contributed by atoms with van der Waals surface area (Å²) in [6.07, 6.45) is 0. The minimum atomic E-state index is 0.566. The Hall–Kier alpha value is -7.61. The molecule has 0 unspecified atom stereocenters. The van der Waals surface area contributed by atoms with Crippen LogP contribution in [-0.2, 0) is 0 Å². The summed E-state index contributed by atoms with van der Waals surface area (Å²) in [6, 6.07) is 59.1. The first kappa shape index (κ1) is 31.6. The topological polar surface area (TPSA) is 69.9 Å². The van der Waals surface area contributed by atoms with Crippen molar-refractivity contribution >= 4 is 97.2 Å². The van der Waals surface area contributed by atoms with Crippen LogP contribution in [0.4, 0.5) is 0 Å². The molecule has 5 aromatic heterocycles. The lowest BCUT2D eigenvalue weighted by atomic mass is 10.0. The molecule has 58 heavy (non-hydrogen) atoms. The monoisotopic (exact) mass is 760 g/mol. The fraction of sp³-hybridized carbons (Fsp3) is 0. The van der Waals surface area contributed by atoms with Gasteiger partial charge in [-0.3, -0.25) is 0 Å². The minimum absolute atomic E-state index is 0.566. The van der Waals surface area contributed by atoms with Gasteiger partial charge in [0.2, 0.25) is 0 Å². The summed E-state index contributed by atoms with van der Waals surface area (Å²) in [5.41, 5.74) is 9.24. The maximum atomic E-state index is 6.57. The fourth-order valence-corrected chi connectivity index (χ4v) is 10.1. The molecule has 0 aliphatic rings. The Balaban J connectivity index is 1.07.